The van der Waals surface area contributed by atoms with Crippen molar-refractivity contribution in [3.63, 3.8) is 0 Å². The number of thioether (sulfide) groups is 1. The van der Waals surface area contributed by atoms with E-state index in [1.54, 1.807) is 6.92 Å². The van der Waals surface area contributed by atoms with Gasteiger partial charge < -0.3 is 15.4 Å². The average molecular weight is 312 g/mol. The third-order valence-corrected chi connectivity index (χ3v) is 4.92. The molecule has 0 spiro atoms. The predicted molar refractivity (Wildman–Crippen MR) is 85.5 cm³/mol. The van der Waals surface area contributed by atoms with Gasteiger partial charge in [0.1, 0.15) is 5.82 Å². The van der Waals surface area contributed by atoms with Gasteiger partial charge in [0.15, 0.2) is 0 Å². The molecule has 1 aliphatic rings. The first-order chi connectivity index (χ1) is 10.1. The highest BCUT2D eigenvalue weighted by atomic mass is 32.2. The number of nitrogen functional groups attached to an aromatic ring is 1. The second kappa shape index (κ2) is 7.02. The number of nitrogens with two attached hydrogens (primary N) is 1. The topological polar surface area (TPSA) is 55.6 Å². The van der Waals surface area contributed by atoms with Crippen molar-refractivity contribution >= 4 is 29.1 Å². The van der Waals surface area contributed by atoms with Crippen LogP contribution >= 0.6 is 11.8 Å². The Bertz CT molecular complexity index is 525. The van der Waals surface area contributed by atoms with Crippen LogP contribution in [0.3, 0.4) is 0 Å². The largest absolute Gasteiger partial charge is 0.462 e. The van der Waals surface area contributed by atoms with Crippen LogP contribution < -0.4 is 10.6 Å². The number of esters is 1. The Hall–Kier alpha value is -1.43. The molecule has 0 radical (unpaired) electrons. The second-order valence-electron chi connectivity index (χ2n) is 4.96. The molecule has 0 bridgehead atoms. The molecule has 1 fully saturated rings. The second-order valence-corrected chi connectivity index (χ2v) is 6.37. The lowest BCUT2D eigenvalue weighted by molar-refractivity contribution is 0.0527. The number of rotatable bonds is 4. The van der Waals surface area contributed by atoms with Crippen molar-refractivity contribution in [2.45, 2.75) is 25.5 Å². The third-order valence-electron chi connectivity index (χ3n) is 3.55. The Labute approximate surface area is 128 Å². The predicted octanol–water partition coefficient (Wildman–Crippen LogP) is 2.92. The van der Waals surface area contributed by atoms with E-state index in [1.807, 2.05) is 16.7 Å². The summed E-state index contributed by atoms with van der Waals surface area (Å²) in [5, 5.41) is 0.488. The van der Waals surface area contributed by atoms with E-state index in [2.05, 4.69) is 6.92 Å². The van der Waals surface area contributed by atoms with Crippen molar-refractivity contribution in [3.8, 4) is 0 Å². The molecule has 4 nitrogen and oxygen atoms in total. The minimum Gasteiger partial charge on any atom is -0.462 e. The first kappa shape index (κ1) is 15.9. The molecule has 116 valence electrons. The lowest BCUT2D eigenvalue weighted by atomic mass is 10.1. The van der Waals surface area contributed by atoms with Crippen LogP contribution in [0.5, 0.6) is 0 Å². The van der Waals surface area contributed by atoms with Crippen LogP contribution in [0.1, 0.15) is 30.6 Å². The normalized spacial score (nSPS) is 18.6. The zero-order chi connectivity index (χ0) is 15.4. The molecule has 0 aromatic heterocycles. The Balaban J connectivity index is 2.30. The molecule has 0 aliphatic carbocycles. The summed E-state index contributed by atoms with van der Waals surface area (Å²) in [6.45, 7) is 5.68. The van der Waals surface area contributed by atoms with Gasteiger partial charge in [-0.15, -0.1) is 0 Å². The van der Waals surface area contributed by atoms with Gasteiger partial charge in [-0.25, -0.2) is 9.18 Å². The summed E-state index contributed by atoms with van der Waals surface area (Å²) in [7, 11) is 0. The smallest absolute Gasteiger partial charge is 0.340 e. The maximum absolute atomic E-state index is 14.2. The number of nitrogens with zero attached hydrogens (tertiary/aromatic N) is 1. The van der Waals surface area contributed by atoms with Gasteiger partial charge in [-0.3, -0.25) is 0 Å². The van der Waals surface area contributed by atoms with Crippen LogP contribution in [0, 0.1) is 5.82 Å². The maximum atomic E-state index is 14.2. The quantitative estimate of drug-likeness (QED) is 0.684. The van der Waals surface area contributed by atoms with Gasteiger partial charge in [-0.2, -0.15) is 11.8 Å². The first-order valence-electron chi connectivity index (χ1n) is 7.19. The summed E-state index contributed by atoms with van der Waals surface area (Å²) in [5.74, 6) is 0.0637. The molecule has 1 aliphatic heterocycles. The lowest BCUT2D eigenvalue weighted by Gasteiger charge is -2.34. The molecule has 2 rings (SSSR count). The van der Waals surface area contributed by atoms with E-state index in [-0.39, 0.29) is 23.7 Å². The number of carbonyl (C=O) groups is 1. The molecule has 21 heavy (non-hydrogen) atoms. The first-order valence-corrected chi connectivity index (χ1v) is 8.24. The summed E-state index contributed by atoms with van der Waals surface area (Å²) in [4.78, 5) is 13.9. The van der Waals surface area contributed by atoms with Crippen LogP contribution in [0.2, 0.25) is 0 Å². The molecular weight excluding hydrogens is 291 g/mol. The highest BCUT2D eigenvalue weighted by Crippen LogP contribution is 2.30. The highest BCUT2D eigenvalue weighted by Gasteiger charge is 2.24. The number of anilines is 2. The minimum absolute atomic E-state index is 0.119. The maximum Gasteiger partial charge on any atom is 0.340 e. The van der Waals surface area contributed by atoms with Gasteiger partial charge in [-0.1, -0.05) is 6.92 Å². The van der Waals surface area contributed by atoms with Crippen molar-refractivity contribution in [1.29, 1.82) is 0 Å². The fourth-order valence-electron chi connectivity index (χ4n) is 2.39. The fraction of sp³-hybridized carbons (Fsp3) is 0.533. The number of hydrogen-bond donors (Lipinski definition) is 1. The average Bonchev–Trinajstić information content (AvgIpc) is 2.47. The number of halogens is 1. The van der Waals surface area contributed by atoms with Gasteiger partial charge in [0, 0.05) is 29.8 Å². The molecule has 1 atom stereocenters. The van der Waals surface area contributed by atoms with Crippen molar-refractivity contribution in [3.05, 3.63) is 23.5 Å². The molecule has 1 aromatic rings. The SMILES string of the molecule is CCOC(=O)c1cc(N2CCSC(CC)C2)c(F)cc1N. The van der Waals surface area contributed by atoms with E-state index in [1.165, 1.54) is 12.1 Å². The zero-order valence-electron chi connectivity index (χ0n) is 12.4. The van der Waals surface area contributed by atoms with E-state index < -0.39 is 5.97 Å². The number of ether oxygens (including phenoxy) is 1. The Kier molecular flexibility index (Phi) is 5.33. The number of carbonyl (C=O) groups excluding carboxylic acids is 1. The van der Waals surface area contributed by atoms with Crippen LogP contribution in [0.25, 0.3) is 0 Å². The van der Waals surface area contributed by atoms with Crippen LogP contribution in [0.15, 0.2) is 12.1 Å². The van der Waals surface area contributed by atoms with Gasteiger partial charge >= 0.3 is 5.97 Å². The molecule has 6 heteroatoms. The van der Waals surface area contributed by atoms with E-state index in [0.29, 0.717) is 10.9 Å². The monoisotopic (exact) mass is 312 g/mol. The summed E-state index contributed by atoms with van der Waals surface area (Å²) in [5.41, 5.74) is 6.53. The molecule has 1 heterocycles. The summed E-state index contributed by atoms with van der Waals surface area (Å²) in [6.07, 6.45) is 1.04. The zero-order valence-corrected chi connectivity index (χ0v) is 13.2. The summed E-state index contributed by atoms with van der Waals surface area (Å²) < 4.78 is 19.2. The molecule has 0 saturated carbocycles. The Morgan fingerprint density at radius 3 is 2.95 bits per heavy atom. The van der Waals surface area contributed by atoms with Gasteiger partial charge in [0.25, 0.3) is 0 Å². The molecule has 1 saturated heterocycles. The van der Waals surface area contributed by atoms with Crippen molar-refractivity contribution in [2.75, 3.05) is 36.1 Å². The molecule has 2 N–H and O–H groups in total. The summed E-state index contributed by atoms with van der Waals surface area (Å²) >= 11 is 1.91. The fourth-order valence-corrected chi connectivity index (χ4v) is 3.57. The highest BCUT2D eigenvalue weighted by molar-refractivity contribution is 8.00. The molecule has 1 aromatic carbocycles. The molecule has 1 unspecified atom stereocenters. The molecule has 0 amide bonds. The van der Waals surface area contributed by atoms with E-state index >= 15 is 0 Å². The standard InChI is InChI=1S/C15H21FN2O2S/c1-3-10-9-18(5-6-21-10)14-7-11(15(19)20-4-2)13(17)8-12(14)16/h7-8,10H,3-6,9,17H2,1-2H3. The van der Waals surface area contributed by atoms with Crippen molar-refractivity contribution in [1.82, 2.24) is 0 Å². The van der Waals surface area contributed by atoms with Gasteiger partial charge in [-0.05, 0) is 25.5 Å². The van der Waals surface area contributed by atoms with Gasteiger partial charge in [0.2, 0.25) is 0 Å². The van der Waals surface area contributed by atoms with E-state index in [0.717, 1.165) is 25.3 Å². The van der Waals surface area contributed by atoms with E-state index in [9.17, 15) is 9.18 Å². The van der Waals surface area contributed by atoms with Crippen molar-refractivity contribution in [2.24, 2.45) is 0 Å². The third kappa shape index (κ3) is 3.61. The lowest BCUT2D eigenvalue weighted by Crippen LogP contribution is -2.38. The minimum atomic E-state index is -0.505. The number of benzene rings is 1. The van der Waals surface area contributed by atoms with E-state index in [4.69, 9.17) is 10.5 Å². The molecular formula is C15H21FN2O2S. The van der Waals surface area contributed by atoms with Crippen LogP contribution in [0.4, 0.5) is 15.8 Å². The van der Waals surface area contributed by atoms with Crippen LogP contribution in [-0.4, -0.2) is 36.7 Å². The number of hydrogen-bond acceptors (Lipinski definition) is 5. The van der Waals surface area contributed by atoms with Crippen molar-refractivity contribution < 1.29 is 13.9 Å². The Morgan fingerprint density at radius 2 is 2.29 bits per heavy atom. The summed E-state index contributed by atoms with van der Waals surface area (Å²) in [6, 6.07) is 2.73. The Morgan fingerprint density at radius 1 is 1.52 bits per heavy atom. The van der Waals surface area contributed by atoms with Crippen LogP contribution in [-0.2, 0) is 4.74 Å². The van der Waals surface area contributed by atoms with Gasteiger partial charge in [0.05, 0.1) is 17.9 Å².